The van der Waals surface area contributed by atoms with Gasteiger partial charge in [-0.1, -0.05) is 13.8 Å². The molecule has 0 saturated heterocycles. The van der Waals surface area contributed by atoms with E-state index >= 15 is 0 Å². The fourth-order valence-electron chi connectivity index (χ4n) is 1.99. The highest BCUT2D eigenvalue weighted by Gasteiger charge is 2.02. The summed E-state index contributed by atoms with van der Waals surface area (Å²) in [7, 11) is 0. The van der Waals surface area contributed by atoms with Gasteiger partial charge < -0.3 is 15.5 Å². The third kappa shape index (κ3) is 5.78. The van der Waals surface area contributed by atoms with Gasteiger partial charge in [-0.3, -0.25) is 0 Å². The molecule has 0 aliphatic rings. The first-order valence-corrected chi connectivity index (χ1v) is 7.87. The van der Waals surface area contributed by atoms with Crippen molar-refractivity contribution in [3.63, 3.8) is 0 Å². The van der Waals surface area contributed by atoms with E-state index in [4.69, 9.17) is 12.2 Å². The van der Waals surface area contributed by atoms with Crippen LogP contribution in [0.25, 0.3) is 0 Å². The molecular weight excluding hydrogens is 266 g/mol. The van der Waals surface area contributed by atoms with Crippen LogP contribution in [-0.2, 0) is 0 Å². The standard InChI is InChI=1S/C16H27N3S/c1-5-19(6-2)15-9-7-14(8-10-15)18-16(20)17-12-11-13(3)4/h7-10,13H,5-6,11-12H2,1-4H3,(H2,17,18,20). The molecule has 0 aliphatic carbocycles. The van der Waals surface area contributed by atoms with E-state index in [1.807, 2.05) is 0 Å². The molecule has 20 heavy (non-hydrogen) atoms. The average molecular weight is 293 g/mol. The van der Waals surface area contributed by atoms with Crippen molar-refractivity contribution in [1.82, 2.24) is 5.32 Å². The smallest absolute Gasteiger partial charge is 0.170 e. The van der Waals surface area contributed by atoms with Crippen LogP contribution in [0.3, 0.4) is 0 Å². The van der Waals surface area contributed by atoms with Crippen LogP contribution in [0.5, 0.6) is 0 Å². The zero-order valence-electron chi connectivity index (χ0n) is 13.1. The highest BCUT2D eigenvalue weighted by atomic mass is 32.1. The molecule has 0 bridgehead atoms. The van der Waals surface area contributed by atoms with Crippen molar-refractivity contribution in [2.45, 2.75) is 34.1 Å². The molecule has 0 amide bonds. The molecule has 1 aromatic carbocycles. The second-order valence-corrected chi connectivity index (χ2v) is 5.69. The summed E-state index contributed by atoms with van der Waals surface area (Å²) in [6, 6.07) is 8.41. The Morgan fingerprint density at radius 2 is 1.75 bits per heavy atom. The number of nitrogens with one attached hydrogen (secondary N) is 2. The summed E-state index contributed by atoms with van der Waals surface area (Å²) in [6.45, 7) is 11.7. The summed E-state index contributed by atoms with van der Waals surface area (Å²) in [6.07, 6.45) is 1.13. The molecule has 112 valence electrons. The first kappa shape index (κ1) is 16.8. The van der Waals surface area contributed by atoms with Crippen molar-refractivity contribution in [2.75, 3.05) is 29.9 Å². The molecule has 1 aromatic rings. The number of benzene rings is 1. The van der Waals surface area contributed by atoms with E-state index < -0.39 is 0 Å². The van der Waals surface area contributed by atoms with Gasteiger partial charge in [0.15, 0.2) is 5.11 Å². The molecule has 0 aliphatic heterocycles. The maximum Gasteiger partial charge on any atom is 0.170 e. The van der Waals surface area contributed by atoms with Crippen LogP contribution in [0.1, 0.15) is 34.1 Å². The molecule has 0 saturated carbocycles. The number of hydrogen-bond acceptors (Lipinski definition) is 2. The van der Waals surface area contributed by atoms with Crippen molar-refractivity contribution in [3.8, 4) is 0 Å². The van der Waals surface area contributed by atoms with Crippen LogP contribution in [0, 0.1) is 5.92 Å². The van der Waals surface area contributed by atoms with Crippen LogP contribution in [0.2, 0.25) is 0 Å². The van der Waals surface area contributed by atoms with Gasteiger partial charge in [0.05, 0.1) is 0 Å². The molecular formula is C16H27N3S. The first-order valence-electron chi connectivity index (χ1n) is 7.46. The van der Waals surface area contributed by atoms with Crippen LogP contribution < -0.4 is 15.5 Å². The normalized spacial score (nSPS) is 10.4. The Labute approximate surface area is 128 Å². The largest absolute Gasteiger partial charge is 0.372 e. The minimum absolute atomic E-state index is 0.693. The first-order chi connectivity index (χ1) is 9.56. The van der Waals surface area contributed by atoms with Crippen LogP contribution in [0.15, 0.2) is 24.3 Å². The number of hydrogen-bond donors (Lipinski definition) is 2. The molecule has 1 rings (SSSR count). The Morgan fingerprint density at radius 1 is 1.15 bits per heavy atom. The van der Waals surface area contributed by atoms with Crippen molar-refractivity contribution in [1.29, 1.82) is 0 Å². The minimum atomic E-state index is 0.693. The molecule has 0 heterocycles. The van der Waals surface area contributed by atoms with E-state index in [9.17, 15) is 0 Å². The van der Waals surface area contributed by atoms with Gasteiger partial charge in [0.2, 0.25) is 0 Å². The highest BCUT2D eigenvalue weighted by Crippen LogP contribution is 2.17. The van der Waals surface area contributed by atoms with Crippen molar-refractivity contribution < 1.29 is 0 Å². The lowest BCUT2D eigenvalue weighted by molar-refractivity contribution is 0.579. The zero-order valence-corrected chi connectivity index (χ0v) is 13.9. The molecule has 4 heteroatoms. The second-order valence-electron chi connectivity index (χ2n) is 5.28. The average Bonchev–Trinajstić information content (AvgIpc) is 2.41. The van der Waals surface area contributed by atoms with Crippen LogP contribution >= 0.6 is 12.2 Å². The Kier molecular flexibility index (Phi) is 7.37. The summed E-state index contributed by atoms with van der Waals surface area (Å²) in [5.74, 6) is 0.693. The maximum absolute atomic E-state index is 5.29. The van der Waals surface area contributed by atoms with Crippen molar-refractivity contribution in [2.24, 2.45) is 5.92 Å². The molecule has 0 unspecified atom stereocenters. The SMILES string of the molecule is CCN(CC)c1ccc(NC(=S)NCCC(C)C)cc1. The summed E-state index contributed by atoms with van der Waals surface area (Å²) >= 11 is 5.29. The monoisotopic (exact) mass is 293 g/mol. The lowest BCUT2D eigenvalue weighted by atomic mass is 10.1. The maximum atomic E-state index is 5.29. The van der Waals surface area contributed by atoms with Gasteiger partial charge in [-0.15, -0.1) is 0 Å². The van der Waals surface area contributed by atoms with Crippen molar-refractivity contribution in [3.05, 3.63) is 24.3 Å². The Balaban J connectivity index is 2.46. The Bertz CT molecular complexity index is 397. The zero-order chi connectivity index (χ0) is 15.0. The molecule has 2 N–H and O–H groups in total. The van der Waals surface area contributed by atoms with Crippen molar-refractivity contribution >= 4 is 28.7 Å². The predicted molar refractivity (Wildman–Crippen MR) is 93.7 cm³/mol. The van der Waals surface area contributed by atoms with E-state index in [1.165, 1.54) is 5.69 Å². The summed E-state index contributed by atoms with van der Waals surface area (Å²) in [4.78, 5) is 2.32. The van der Waals surface area contributed by atoms with Gasteiger partial charge in [0, 0.05) is 31.0 Å². The van der Waals surface area contributed by atoms with Crippen LogP contribution in [-0.4, -0.2) is 24.7 Å². The van der Waals surface area contributed by atoms with E-state index in [2.05, 4.69) is 67.5 Å². The molecule has 0 aromatic heterocycles. The van der Waals surface area contributed by atoms with E-state index in [-0.39, 0.29) is 0 Å². The lowest BCUT2D eigenvalue weighted by Gasteiger charge is -2.21. The number of anilines is 2. The van der Waals surface area contributed by atoms with E-state index in [1.54, 1.807) is 0 Å². The molecule has 0 spiro atoms. The summed E-state index contributed by atoms with van der Waals surface area (Å²) < 4.78 is 0. The molecule has 0 radical (unpaired) electrons. The van der Waals surface area contributed by atoms with Gasteiger partial charge in [0.1, 0.15) is 0 Å². The van der Waals surface area contributed by atoms with Gasteiger partial charge in [-0.2, -0.15) is 0 Å². The van der Waals surface area contributed by atoms with Gasteiger partial charge in [-0.05, 0) is 62.7 Å². The lowest BCUT2D eigenvalue weighted by Crippen LogP contribution is -2.29. The third-order valence-corrected chi connectivity index (χ3v) is 3.51. The molecule has 0 fully saturated rings. The van der Waals surface area contributed by atoms with E-state index in [0.29, 0.717) is 11.0 Å². The highest BCUT2D eigenvalue weighted by molar-refractivity contribution is 7.80. The Hall–Kier alpha value is -1.29. The van der Waals surface area contributed by atoms with Gasteiger partial charge in [0.25, 0.3) is 0 Å². The fraction of sp³-hybridized carbons (Fsp3) is 0.562. The number of rotatable bonds is 7. The summed E-state index contributed by atoms with van der Waals surface area (Å²) in [5, 5.41) is 7.15. The van der Waals surface area contributed by atoms with Gasteiger partial charge >= 0.3 is 0 Å². The molecule has 3 nitrogen and oxygen atoms in total. The topological polar surface area (TPSA) is 27.3 Å². The third-order valence-electron chi connectivity index (χ3n) is 3.26. The fourth-order valence-corrected chi connectivity index (χ4v) is 2.21. The van der Waals surface area contributed by atoms with E-state index in [0.717, 1.165) is 31.7 Å². The van der Waals surface area contributed by atoms with Crippen LogP contribution in [0.4, 0.5) is 11.4 Å². The minimum Gasteiger partial charge on any atom is -0.372 e. The number of nitrogens with zero attached hydrogens (tertiary/aromatic N) is 1. The molecule has 0 atom stereocenters. The Morgan fingerprint density at radius 3 is 2.25 bits per heavy atom. The summed E-state index contributed by atoms with van der Waals surface area (Å²) in [5.41, 5.74) is 2.28. The second kappa shape index (κ2) is 8.80. The quantitative estimate of drug-likeness (QED) is 0.746. The predicted octanol–water partition coefficient (Wildman–Crippen LogP) is 3.87. The van der Waals surface area contributed by atoms with Gasteiger partial charge in [-0.25, -0.2) is 0 Å². The number of thiocarbonyl (C=S) groups is 1.